The molecule has 1 aromatic rings. The topological polar surface area (TPSA) is 40.5 Å². The Kier molecular flexibility index (Phi) is 7.64. The molecule has 0 saturated carbocycles. The van der Waals surface area contributed by atoms with Gasteiger partial charge in [0, 0.05) is 0 Å². The summed E-state index contributed by atoms with van der Waals surface area (Å²) >= 11 is -0.467. The number of phenols is 2. The minimum absolute atomic E-state index is 0.330. The van der Waals surface area contributed by atoms with Crippen LogP contribution in [-0.4, -0.2) is 31.1 Å². The van der Waals surface area contributed by atoms with Crippen molar-refractivity contribution in [1.82, 2.24) is 0 Å². The normalized spacial score (nSPS) is 10.9. The fourth-order valence-corrected chi connectivity index (χ4v) is 5.40. The summed E-state index contributed by atoms with van der Waals surface area (Å²) in [7, 11) is 0. The van der Waals surface area contributed by atoms with E-state index in [0.29, 0.717) is 11.5 Å². The molecule has 0 fully saturated rings. The van der Waals surface area contributed by atoms with Crippen molar-refractivity contribution in [2.75, 3.05) is 0 Å². The van der Waals surface area contributed by atoms with E-state index in [1.807, 2.05) is 19.9 Å². The van der Waals surface area contributed by atoms with Crippen LogP contribution in [0.15, 0.2) is 6.07 Å². The first-order valence-electron chi connectivity index (χ1n) is 7.22. The molecule has 1 aromatic carbocycles. The van der Waals surface area contributed by atoms with Gasteiger partial charge in [-0.15, -0.1) is 0 Å². The van der Waals surface area contributed by atoms with E-state index in [2.05, 4.69) is 6.92 Å². The van der Waals surface area contributed by atoms with Gasteiger partial charge in [0.2, 0.25) is 0 Å². The predicted molar refractivity (Wildman–Crippen MR) is 82.8 cm³/mol. The third-order valence-corrected chi connectivity index (χ3v) is 6.69. The van der Waals surface area contributed by atoms with Gasteiger partial charge >= 0.3 is 127 Å². The van der Waals surface area contributed by atoms with E-state index >= 15 is 0 Å². The first kappa shape index (κ1) is 16.7. The Bertz CT molecular complexity index is 376. The monoisotopic (exact) mass is 380 g/mol. The summed E-state index contributed by atoms with van der Waals surface area (Å²) in [6, 6.07) is 1.85. The molecule has 0 heterocycles. The van der Waals surface area contributed by atoms with Crippen molar-refractivity contribution in [3.63, 3.8) is 0 Å². The molecule has 0 aliphatic carbocycles. The number of rotatable bonds is 8. The van der Waals surface area contributed by atoms with Crippen LogP contribution in [0, 0.1) is 13.8 Å². The first-order valence-corrected chi connectivity index (χ1v) is 10.0. The molecule has 0 saturated heterocycles. The number of unbranched alkanes of at least 4 members (excludes halogenated alkanes) is 5. The van der Waals surface area contributed by atoms with E-state index in [4.69, 9.17) is 0 Å². The van der Waals surface area contributed by atoms with Crippen LogP contribution in [0.5, 0.6) is 11.5 Å². The molecule has 19 heavy (non-hydrogen) atoms. The molecule has 0 atom stereocenters. The van der Waals surface area contributed by atoms with Crippen molar-refractivity contribution >= 4 is 24.5 Å². The molecule has 0 radical (unpaired) electrons. The van der Waals surface area contributed by atoms with Crippen LogP contribution in [0.4, 0.5) is 0 Å². The van der Waals surface area contributed by atoms with Crippen LogP contribution in [0.25, 0.3) is 0 Å². The first-order chi connectivity index (χ1) is 9.07. The van der Waals surface area contributed by atoms with Gasteiger partial charge in [0.25, 0.3) is 0 Å². The van der Waals surface area contributed by atoms with Gasteiger partial charge in [0.15, 0.2) is 0 Å². The van der Waals surface area contributed by atoms with Gasteiger partial charge in [-0.25, -0.2) is 0 Å². The summed E-state index contributed by atoms with van der Waals surface area (Å²) in [5.74, 6) is 0.660. The third kappa shape index (κ3) is 5.24. The number of aryl methyl sites for hydroxylation is 2. The van der Waals surface area contributed by atoms with Crippen LogP contribution >= 0.6 is 0 Å². The van der Waals surface area contributed by atoms with E-state index in [1.54, 1.807) is 0 Å². The Morgan fingerprint density at radius 2 is 1.42 bits per heavy atom. The average Bonchev–Trinajstić information content (AvgIpc) is 2.39. The number of hydrogen-bond acceptors (Lipinski definition) is 2. The third-order valence-electron chi connectivity index (χ3n) is 3.35. The van der Waals surface area contributed by atoms with Crippen molar-refractivity contribution in [3.05, 3.63) is 17.2 Å². The summed E-state index contributed by atoms with van der Waals surface area (Å²) in [5, 5.41) is 20.1. The van der Waals surface area contributed by atoms with Crippen LogP contribution in [0.1, 0.15) is 56.6 Å². The predicted octanol–water partition coefficient (Wildman–Crippen LogP) is 3.82. The van der Waals surface area contributed by atoms with Crippen LogP contribution < -0.4 is 3.61 Å². The molecule has 0 bridgehead atoms. The molecule has 108 valence electrons. The summed E-state index contributed by atoms with van der Waals surface area (Å²) < 4.78 is 2.03. The van der Waals surface area contributed by atoms with E-state index in [9.17, 15) is 10.2 Å². The van der Waals surface area contributed by atoms with Crippen LogP contribution in [0.2, 0.25) is 4.47 Å². The van der Waals surface area contributed by atoms with Gasteiger partial charge in [-0.1, -0.05) is 0 Å². The fourth-order valence-electron chi connectivity index (χ4n) is 2.13. The second-order valence-corrected chi connectivity index (χ2v) is 8.31. The molecule has 0 aliphatic heterocycles. The van der Waals surface area contributed by atoms with Gasteiger partial charge < -0.3 is 0 Å². The number of phenolic OH excluding ortho intramolecular Hbond substituents is 2. The van der Waals surface area contributed by atoms with Gasteiger partial charge in [-0.05, 0) is 0 Å². The summed E-state index contributed by atoms with van der Waals surface area (Å²) in [5.41, 5.74) is 1.77. The van der Waals surface area contributed by atoms with E-state index in [-0.39, 0.29) is 0 Å². The van der Waals surface area contributed by atoms with Crippen molar-refractivity contribution in [2.24, 2.45) is 0 Å². The zero-order chi connectivity index (χ0) is 14.3. The molecule has 0 spiro atoms. The van der Waals surface area contributed by atoms with Crippen molar-refractivity contribution in [3.8, 4) is 11.5 Å². The Morgan fingerprint density at radius 3 is 2.00 bits per heavy atom. The zero-order valence-corrected chi connectivity index (χ0v) is 14.7. The average molecular weight is 378 g/mol. The summed E-state index contributed by atoms with van der Waals surface area (Å²) in [6.45, 7) is 6.05. The van der Waals surface area contributed by atoms with Gasteiger partial charge in [-0.2, -0.15) is 0 Å². The molecular weight excluding hydrogens is 352 g/mol. The van der Waals surface area contributed by atoms with Gasteiger partial charge in [-0.3, -0.25) is 0 Å². The number of aromatic hydroxyl groups is 2. The zero-order valence-electron chi connectivity index (χ0n) is 12.3. The number of hydrogen-bond donors (Lipinski definition) is 2. The molecule has 0 aliphatic rings. The van der Waals surface area contributed by atoms with Gasteiger partial charge in [0.05, 0.1) is 0 Å². The van der Waals surface area contributed by atoms with E-state index < -0.39 is 20.9 Å². The summed E-state index contributed by atoms with van der Waals surface area (Å²) in [6.07, 6.45) is 7.82. The van der Waals surface area contributed by atoms with E-state index in [0.717, 1.165) is 14.7 Å². The molecule has 0 amide bonds. The van der Waals surface area contributed by atoms with E-state index in [1.165, 1.54) is 43.0 Å². The van der Waals surface area contributed by atoms with Crippen molar-refractivity contribution in [1.29, 1.82) is 0 Å². The Morgan fingerprint density at radius 1 is 0.895 bits per heavy atom. The molecule has 0 unspecified atom stereocenters. The Labute approximate surface area is 127 Å². The fraction of sp³-hybridized carbons (Fsp3) is 0.625. The molecule has 2 N–H and O–H groups in total. The molecule has 1 rings (SSSR count). The molecule has 3 heteroatoms. The number of benzene rings is 1. The molecular formula is C16H26O2Te. The Balaban J connectivity index is 2.41. The second kappa shape index (κ2) is 8.72. The maximum atomic E-state index is 10.0. The molecule has 2 nitrogen and oxygen atoms in total. The summed E-state index contributed by atoms with van der Waals surface area (Å²) in [4.78, 5) is 0. The molecule has 0 aromatic heterocycles. The Hall–Kier alpha value is -0.390. The van der Waals surface area contributed by atoms with Crippen molar-refractivity contribution < 1.29 is 10.2 Å². The van der Waals surface area contributed by atoms with Crippen molar-refractivity contribution in [2.45, 2.75) is 63.8 Å². The van der Waals surface area contributed by atoms with Crippen LogP contribution in [-0.2, 0) is 0 Å². The minimum atomic E-state index is -0.467. The standard InChI is InChI=1S/C16H26O2Te/c1-4-5-6-7-8-9-10-19-16-14(17)12(2)11-13(3)15(16)18/h11,17-18H,4-10H2,1-3H3. The SMILES string of the molecule is CCCCCCCC[Te]c1c(O)c(C)cc(C)c1O. The quantitative estimate of drug-likeness (QED) is 0.534. The van der Waals surface area contributed by atoms with Crippen LogP contribution in [0.3, 0.4) is 0 Å². The second-order valence-electron chi connectivity index (χ2n) is 5.15. The maximum absolute atomic E-state index is 10.0. The van der Waals surface area contributed by atoms with Gasteiger partial charge in [0.1, 0.15) is 0 Å².